The molecule has 2 rings (SSSR count). The highest BCUT2D eigenvalue weighted by molar-refractivity contribution is 7.89. The lowest BCUT2D eigenvalue weighted by Crippen LogP contribution is -2.38. The predicted molar refractivity (Wildman–Crippen MR) is 86.1 cm³/mol. The maximum absolute atomic E-state index is 11.4. The van der Waals surface area contributed by atoms with Crippen molar-refractivity contribution in [2.24, 2.45) is 0 Å². The molecule has 0 saturated heterocycles. The van der Waals surface area contributed by atoms with E-state index >= 15 is 0 Å². The normalized spacial score (nSPS) is 14.6. The van der Waals surface area contributed by atoms with Crippen LogP contribution in [0.2, 0.25) is 0 Å². The Kier molecular flexibility index (Phi) is 6.10. The molecule has 0 aromatic heterocycles. The number of nitrogens with zero attached hydrogens (tertiary/aromatic N) is 1. The smallest absolute Gasteiger partial charge is 0.211 e. The van der Waals surface area contributed by atoms with Crippen LogP contribution in [0, 0.1) is 0 Å². The topological polar surface area (TPSA) is 75.4 Å². The molecule has 0 saturated carbocycles. The van der Waals surface area contributed by atoms with Gasteiger partial charge in [-0.2, -0.15) is 0 Å². The van der Waals surface area contributed by atoms with Crippen LogP contribution in [0.5, 0.6) is 0 Å². The molecule has 5 nitrogen and oxygen atoms in total. The summed E-state index contributed by atoms with van der Waals surface area (Å²) in [5.41, 5.74) is 9.14. The highest BCUT2D eigenvalue weighted by Gasteiger charge is 2.18. The molecular weight excluding hydrogens is 298 g/mol. The number of rotatable bonds is 5. The number of nitrogens with two attached hydrogens (primary N) is 1. The lowest BCUT2D eigenvalue weighted by Gasteiger charge is -2.32. The summed E-state index contributed by atoms with van der Waals surface area (Å²) < 4.78 is 25.4. The molecule has 0 aliphatic carbocycles. The molecule has 1 aliphatic rings. The van der Waals surface area contributed by atoms with Gasteiger partial charge in [0.2, 0.25) is 10.0 Å². The fourth-order valence-corrected chi connectivity index (χ4v) is 3.00. The van der Waals surface area contributed by atoms with Crippen LogP contribution in [0.3, 0.4) is 0 Å². The molecule has 0 unspecified atom stereocenters. The van der Waals surface area contributed by atoms with E-state index in [-0.39, 0.29) is 18.2 Å². The van der Waals surface area contributed by atoms with Gasteiger partial charge in [0.1, 0.15) is 0 Å². The van der Waals surface area contributed by atoms with E-state index in [1.165, 1.54) is 5.56 Å². The molecule has 0 bridgehead atoms. The van der Waals surface area contributed by atoms with Gasteiger partial charge in [0.15, 0.2) is 0 Å². The van der Waals surface area contributed by atoms with Gasteiger partial charge in [0.05, 0.1) is 5.75 Å². The first-order valence-corrected chi connectivity index (χ1v) is 8.28. The number of fused-ring (bicyclic) bond motifs is 1. The van der Waals surface area contributed by atoms with Crippen molar-refractivity contribution < 1.29 is 8.42 Å². The van der Waals surface area contributed by atoms with E-state index in [0.717, 1.165) is 30.8 Å². The zero-order valence-electron chi connectivity index (χ0n) is 11.6. The second kappa shape index (κ2) is 7.15. The molecule has 0 radical (unpaired) electrons. The van der Waals surface area contributed by atoms with Gasteiger partial charge < -0.3 is 10.6 Å². The van der Waals surface area contributed by atoms with Gasteiger partial charge in [-0.3, -0.25) is 0 Å². The number of benzene rings is 1. The third-order valence-corrected chi connectivity index (χ3v) is 4.87. The van der Waals surface area contributed by atoms with Crippen LogP contribution in [-0.2, 0) is 16.4 Å². The monoisotopic (exact) mass is 319 g/mol. The molecule has 1 aliphatic heterocycles. The first kappa shape index (κ1) is 17.1. The number of anilines is 2. The highest BCUT2D eigenvalue weighted by atomic mass is 35.5. The molecule has 0 fully saturated rings. The van der Waals surface area contributed by atoms with Gasteiger partial charge in [-0.05, 0) is 37.5 Å². The molecular formula is C13H22ClN3O2S. The first-order valence-electron chi connectivity index (χ1n) is 6.63. The van der Waals surface area contributed by atoms with Gasteiger partial charge in [-0.1, -0.05) is 6.07 Å². The maximum atomic E-state index is 11.4. The van der Waals surface area contributed by atoms with Gasteiger partial charge in [0.25, 0.3) is 0 Å². The molecule has 1 aromatic rings. The molecule has 0 atom stereocenters. The lowest BCUT2D eigenvalue weighted by atomic mass is 10.00. The number of halogens is 1. The number of hydrogen-bond acceptors (Lipinski definition) is 4. The lowest BCUT2D eigenvalue weighted by molar-refractivity contribution is 0.580. The average Bonchev–Trinajstić information content (AvgIpc) is 2.40. The molecule has 1 heterocycles. The van der Waals surface area contributed by atoms with E-state index in [4.69, 9.17) is 5.73 Å². The van der Waals surface area contributed by atoms with Crippen molar-refractivity contribution in [2.75, 3.05) is 36.0 Å². The van der Waals surface area contributed by atoms with E-state index in [1.807, 2.05) is 12.1 Å². The van der Waals surface area contributed by atoms with Crippen molar-refractivity contribution in [3.63, 3.8) is 0 Å². The summed E-state index contributed by atoms with van der Waals surface area (Å²) in [6, 6.07) is 5.92. The minimum absolute atomic E-state index is 0. The number of nitrogens with one attached hydrogen (secondary N) is 1. The summed E-state index contributed by atoms with van der Waals surface area (Å²) in [4.78, 5) is 2.20. The second-order valence-electron chi connectivity index (χ2n) is 4.73. The Morgan fingerprint density at radius 3 is 2.85 bits per heavy atom. The summed E-state index contributed by atoms with van der Waals surface area (Å²) >= 11 is 0. The van der Waals surface area contributed by atoms with E-state index in [1.54, 1.807) is 6.92 Å². The van der Waals surface area contributed by atoms with Crippen molar-refractivity contribution in [1.82, 2.24) is 4.72 Å². The average molecular weight is 320 g/mol. The molecule has 114 valence electrons. The summed E-state index contributed by atoms with van der Waals surface area (Å²) in [6.07, 6.45) is 2.06. The molecule has 20 heavy (non-hydrogen) atoms. The summed E-state index contributed by atoms with van der Waals surface area (Å²) in [6.45, 7) is 3.70. The van der Waals surface area contributed by atoms with Crippen molar-refractivity contribution >= 4 is 33.8 Å². The zero-order chi connectivity index (χ0) is 13.9. The van der Waals surface area contributed by atoms with Crippen molar-refractivity contribution in [3.05, 3.63) is 23.8 Å². The predicted octanol–water partition coefficient (Wildman–Crippen LogP) is 1.38. The quantitative estimate of drug-likeness (QED) is 0.804. The van der Waals surface area contributed by atoms with Gasteiger partial charge in [0, 0.05) is 31.0 Å². The molecule has 0 amide bonds. The fraction of sp³-hybridized carbons (Fsp3) is 0.538. The van der Waals surface area contributed by atoms with Crippen molar-refractivity contribution in [1.29, 1.82) is 0 Å². The largest absolute Gasteiger partial charge is 0.398 e. The fourth-order valence-electron chi connectivity index (χ4n) is 2.40. The Balaban J connectivity index is 0.00000200. The Labute approximate surface area is 127 Å². The van der Waals surface area contributed by atoms with Gasteiger partial charge >= 0.3 is 0 Å². The van der Waals surface area contributed by atoms with Crippen LogP contribution in [0.15, 0.2) is 18.2 Å². The highest BCUT2D eigenvalue weighted by Crippen LogP contribution is 2.30. The van der Waals surface area contributed by atoms with Crippen LogP contribution in [0.4, 0.5) is 11.4 Å². The Hall–Kier alpha value is -0.980. The minimum Gasteiger partial charge on any atom is -0.398 e. The number of hydrogen-bond donors (Lipinski definition) is 2. The third-order valence-electron chi connectivity index (χ3n) is 3.47. The van der Waals surface area contributed by atoms with Gasteiger partial charge in [-0.25, -0.2) is 13.1 Å². The molecule has 7 heteroatoms. The van der Waals surface area contributed by atoms with Crippen molar-refractivity contribution in [2.45, 2.75) is 19.8 Å². The number of sulfonamides is 1. The van der Waals surface area contributed by atoms with Crippen LogP contribution < -0.4 is 15.4 Å². The van der Waals surface area contributed by atoms with Gasteiger partial charge in [-0.15, -0.1) is 12.4 Å². The zero-order valence-corrected chi connectivity index (χ0v) is 13.3. The Morgan fingerprint density at radius 1 is 1.40 bits per heavy atom. The first-order chi connectivity index (χ1) is 9.03. The Bertz CT molecular complexity index is 549. The summed E-state index contributed by atoms with van der Waals surface area (Å²) in [5, 5.41) is 0. The second-order valence-corrected chi connectivity index (χ2v) is 6.83. The van der Waals surface area contributed by atoms with Crippen LogP contribution in [-0.4, -0.2) is 33.8 Å². The van der Waals surface area contributed by atoms with Crippen LogP contribution in [0.25, 0.3) is 0 Å². The van der Waals surface area contributed by atoms with E-state index in [9.17, 15) is 8.42 Å². The minimum atomic E-state index is -3.11. The van der Waals surface area contributed by atoms with E-state index in [0.29, 0.717) is 13.1 Å². The molecule has 0 spiro atoms. The van der Waals surface area contributed by atoms with E-state index < -0.39 is 10.0 Å². The SMILES string of the molecule is CCS(=O)(=O)NCCN1CCCc2c(N)cccc21.Cl. The number of nitrogen functional groups attached to an aromatic ring is 1. The molecule has 3 N–H and O–H groups in total. The van der Waals surface area contributed by atoms with Crippen LogP contribution in [0.1, 0.15) is 18.9 Å². The third kappa shape index (κ3) is 4.01. The van der Waals surface area contributed by atoms with Crippen LogP contribution >= 0.6 is 12.4 Å². The standard InChI is InChI=1S/C13H21N3O2S.ClH/c1-2-19(17,18)15-8-10-16-9-4-5-11-12(14)6-3-7-13(11)16;/h3,6-7,15H,2,4-5,8-10,14H2,1H3;1H. The maximum Gasteiger partial charge on any atom is 0.211 e. The van der Waals surface area contributed by atoms with E-state index in [2.05, 4.69) is 15.7 Å². The van der Waals surface area contributed by atoms with Crippen molar-refractivity contribution in [3.8, 4) is 0 Å². The summed E-state index contributed by atoms with van der Waals surface area (Å²) in [7, 11) is -3.11. The molecule has 1 aromatic carbocycles. The summed E-state index contributed by atoms with van der Waals surface area (Å²) in [5.74, 6) is 0.122. The Morgan fingerprint density at radius 2 is 2.15 bits per heavy atom.